The van der Waals surface area contributed by atoms with Gasteiger partial charge in [-0.3, -0.25) is 9.59 Å². The predicted octanol–water partition coefficient (Wildman–Crippen LogP) is 3.36. The van der Waals surface area contributed by atoms with Crippen molar-refractivity contribution in [1.82, 2.24) is 10.9 Å². The Morgan fingerprint density at radius 1 is 0.880 bits per heavy atom. The summed E-state index contributed by atoms with van der Waals surface area (Å²) in [7, 11) is 0. The van der Waals surface area contributed by atoms with Crippen LogP contribution in [0.15, 0.2) is 45.2 Å². The quantitative estimate of drug-likeness (QED) is 0.547. The second kappa shape index (κ2) is 9.85. The SMILES string of the molecule is C/C(=N\NC(=O)CCCC(=O)N/N=C(\C)c1cccs1)c1cccs1. The zero-order chi connectivity index (χ0) is 18.1. The van der Waals surface area contributed by atoms with Gasteiger partial charge >= 0.3 is 0 Å². The van der Waals surface area contributed by atoms with Crippen LogP contribution in [0, 0.1) is 0 Å². The molecule has 0 atom stereocenters. The average Bonchev–Trinajstić information content (AvgIpc) is 3.30. The number of carbonyl (C=O) groups is 2. The monoisotopic (exact) mass is 376 g/mol. The van der Waals surface area contributed by atoms with Gasteiger partial charge in [0.15, 0.2) is 0 Å². The summed E-state index contributed by atoms with van der Waals surface area (Å²) in [6.45, 7) is 3.68. The van der Waals surface area contributed by atoms with Crippen molar-refractivity contribution >= 4 is 45.9 Å². The van der Waals surface area contributed by atoms with Crippen molar-refractivity contribution < 1.29 is 9.59 Å². The summed E-state index contributed by atoms with van der Waals surface area (Å²) in [6, 6.07) is 7.75. The molecule has 2 aromatic heterocycles. The Kier molecular flexibility index (Phi) is 7.49. The predicted molar refractivity (Wildman–Crippen MR) is 103 cm³/mol. The Morgan fingerprint density at radius 3 is 1.68 bits per heavy atom. The first-order valence-corrected chi connectivity index (χ1v) is 9.56. The number of amides is 2. The lowest BCUT2D eigenvalue weighted by Gasteiger charge is -2.02. The minimum Gasteiger partial charge on any atom is -0.273 e. The van der Waals surface area contributed by atoms with Crippen LogP contribution in [-0.4, -0.2) is 23.2 Å². The van der Waals surface area contributed by atoms with E-state index in [1.54, 1.807) is 22.7 Å². The first-order chi connectivity index (χ1) is 12.1. The maximum atomic E-state index is 11.7. The molecule has 2 aromatic rings. The molecule has 8 heteroatoms. The first-order valence-electron chi connectivity index (χ1n) is 7.80. The van der Waals surface area contributed by atoms with Crippen LogP contribution in [0.4, 0.5) is 0 Å². The third kappa shape index (κ3) is 6.60. The van der Waals surface area contributed by atoms with E-state index < -0.39 is 0 Å². The number of nitrogens with zero attached hydrogens (tertiary/aromatic N) is 2. The fraction of sp³-hybridized carbons (Fsp3) is 0.294. The van der Waals surface area contributed by atoms with Gasteiger partial charge in [-0.15, -0.1) is 22.7 Å². The highest BCUT2D eigenvalue weighted by Crippen LogP contribution is 2.10. The summed E-state index contributed by atoms with van der Waals surface area (Å²) in [5.41, 5.74) is 6.55. The summed E-state index contributed by atoms with van der Waals surface area (Å²) in [4.78, 5) is 25.5. The molecule has 0 saturated heterocycles. The highest BCUT2D eigenvalue weighted by molar-refractivity contribution is 7.12. The number of nitrogens with one attached hydrogen (secondary N) is 2. The standard InChI is InChI=1S/C17H20N4O2S2/c1-12(14-6-4-10-24-14)18-20-16(22)8-3-9-17(23)21-19-13(2)15-7-5-11-25-15/h4-7,10-11H,3,8-9H2,1-2H3,(H,20,22)(H,21,23)/b18-12+,19-13+. The third-order valence-corrected chi connectivity index (χ3v) is 5.22. The molecule has 2 amide bonds. The van der Waals surface area contributed by atoms with Gasteiger partial charge < -0.3 is 0 Å². The van der Waals surface area contributed by atoms with E-state index in [0.717, 1.165) is 21.2 Å². The second-order valence-electron chi connectivity index (χ2n) is 5.27. The van der Waals surface area contributed by atoms with E-state index in [1.165, 1.54) is 0 Å². The van der Waals surface area contributed by atoms with E-state index in [2.05, 4.69) is 21.1 Å². The summed E-state index contributed by atoms with van der Waals surface area (Å²) in [5.74, 6) is -0.413. The van der Waals surface area contributed by atoms with Crippen molar-refractivity contribution in [2.45, 2.75) is 33.1 Å². The number of rotatable bonds is 8. The van der Waals surface area contributed by atoms with Crippen molar-refractivity contribution in [2.75, 3.05) is 0 Å². The summed E-state index contributed by atoms with van der Waals surface area (Å²) in [6.07, 6.45) is 0.920. The van der Waals surface area contributed by atoms with E-state index in [-0.39, 0.29) is 24.7 Å². The van der Waals surface area contributed by atoms with Crippen LogP contribution >= 0.6 is 22.7 Å². The Hall–Kier alpha value is -2.32. The first kappa shape index (κ1) is 19.0. The van der Waals surface area contributed by atoms with Crippen molar-refractivity contribution in [3.8, 4) is 0 Å². The lowest BCUT2D eigenvalue weighted by Crippen LogP contribution is -2.21. The van der Waals surface area contributed by atoms with E-state index in [9.17, 15) is 9.59 Å². The normalized spacial score (nSPS) is 12.1. The molecular formula is C17H20N4O2S2. The van der Waals surface area contributed by atoms with Crippen LogP contribution < -0.4 is 10.9 Å². The van der Waals surface area contributed by atoms with E-state index in [1.807, 2.05) is 48.9 Å². The maximum Gasteiger partial charge on any atom is 0.240 e. The lowest BCUT2D eigenvalue weighted by atomic mass is 10.2. The Labute approximate surface area is 154 Å². The molecule has 0 bridgehead atoms. The van der Waals surface area contributed by atoms with E-state index in [0.29, 0.717) is 6.42 Å². The smallest absolute Gasteiger partial charge is 0.240 e. The minimum absolute atomic E-state index is 0.207. The van der Waals surface area contributed by atoms with Crippen molar-refractivity contribution in [2.24, 2.45) is 10.2 Å². The van der Waals surface area contributed by atoms with Gasteiger partial charge in [0, 0.05) is 22.6 Å². The van der Waals surface area contributed by atoms with Gasteiger partial charge in [-0.2, -0.15) is 10.2 Å². The van der Waals surface area contributed by atoms with Gasteiger partial charge in [-0.25, -0.2) is 10.9 Å². The molecule has 0 aliphatic heterocycles. The molecule has 0 radical (unpaired) electrons. The molecule has 6 nitrogen and oxygen atoms in total. The number of hydrogen-bond acceptors (Lipinski definition) is 6. The number of hydrazone groups is 2. The van der Waals surface area contributed by atoms with Gasteiger partial charge in [0.05, 0.1) is 11.4 Å². The molecule has 2 rings (SSSR count). The average molecular weight is 377 g/mol. The van der Waals surface area contributed by atoms with Gasteiger partial charge in [0.1, 0.15) is 0 Å². The fourth-order valence-corrected chi connectivity index (χ4v) is 3.25. The Bertz CT molecular complexity index is 685. The number of hydrogen-bond donors (Lipinski definition) is 2. The van der Waals surface area contributed by atoms with Crippen LogP contribution in [0.25, 0.3) is 0 Å². The zero-order valence-corrected chi connectivity index (χ0v) is 15.7. The summed E-state index contributed by atoms with van der Waals surface area (Å²) >= 11 is 3.13. The van der Waals surface area contributed by atoms with Crippen LogP contribution in [0.1, 0.15) is 42.9 Å². The third-order valence-electron chi connectivity index (χ3n) is 3.26. The van der Waals surface area contributed by atoms with Crippen LogP contribution in [0.3, 0.4) is 0 Å². The van der Waals surface area contributed by atoms with Gasteiger partial charge in [-0.1, -0.05) is 12.1 Å². The van der Waals surface area contributed by atoms with Crippen LogP contribution in [0.5, 0.6) is 0 Å². The summed E-state index contributed by atoms with van der Waals surface area (Å²) < 4.78 is 0. The molecule has 0 aromatic carbocycles. The van der Waals surface area contributed by atoms with Crippen LogP contribution in [-0.2, 0) is 9.59 Å². The Morgan fingerprint density at radius 2 is 1.32 bits per heavy atom. The fourth-order valence-electron chi connectivity index (χ4n) is 1.89. The molecule has 132 valence electrons. The van der Waals surface area contributed by atoms with Crippen LogP contribution in [0.2, 0.25) is 0 Å². The van der Waals surface area contributed by atoms with E-state index in [4.69, 9.17) is 0 Å². The molecular weight excluding hydrogens is 356 g/mol. The second-order valence-corrected chi connectivity index (χ2v) is 7.17. The highest BCUT2D eigenvalue weighted by atomic mass is 32.1. The molecule has 2 heterocycles. The summed E-state index contributed by atoms with van der Waals surface area (Å²) in [5, 5.41) is 12.0. The molecule has 0 saturated carbocycles. The highest BCUT2D eigenvalue weighted by Gasteiger charge is 2.06. The van der Waals surface area contributed by atoms with Gasteiger partial charge in [0.2, 0.25) is 11.8 Å². The molecule has 0 fully saturated rings. The van der Waals surface area contributed by atoms with Gasteiger partial charge in [-0.05, 0) is 43.2 Å². The number of thiophene rings is 2. The zero-order valence-electron chi connectivity index (χ0n) is 14.1. The van der Waals surface area contributed by atoms with Crippen molar-refractivity contribution in [1.29, 1.82) is 0 Å². The largest absolute Gasteiger partial charge is 0.273 e. The van der Waals surface area contributed by atoms with Gasteiger partial charge in [0.25, 0.3) is 0 Å². The molecule has 0 aliphatic carbocycles. The minimum atomic E-state index is -0.207. The molecule has 0 unspecified atom stereocenters. The number of carbonyl (C=O) groups excluding carboxylic acids is 2. The maximum absolute atomic E-state index is 11.7. The lowest BCUT2D eigenvalue weighted by molar-refractivity contribution is -0.122. The van der Waals surface area contributed by atoms with E-state index >= 15 is 0 Å². The molecule has 2 N–H and O–H groups in total. The topological polar surface area (TPSA) is 82.9 Å². The Balaban J connectivity index is 1.66. The molecule has 25 heavy (non-hydrogen) atoms. The van der Waals surface area contributed by atoms with Crippen molar-refractivity contribution in [3.63, 3.8) is 0 Å². The molecule has 0 aliphatic rings. The molecule has 0 spiro atoms. The van der Waals surface area contributed by atoms with Crippen molar-refractivity contribution in [3.05, 3.63) is 44.8 Å².